The molecular formula is C24H24ClN3O4. The summed E-state index contributed by atoms with van der Waals surface area (Å²) in [6.07, 6.45) is 0. The first-order valence-electron chi connectivity index (χ1n) is 10.0. The topological polar surface area (TPSA) is 88.7 Å². The Labute approximate surface area is 191 Å². The number of ether oxygens (including phenoxy) is 2. The minimum atomic E-state index is -0.366. The minimum absolute atomic E-state index is 0.255. The lowest BCUT2D eigenvalue weighted by Gasteiger charge is -2.13. The Hall–Kier alpha value is -3.71. The van der Waals surface area contributed by atoms with Crippen molar-refractivity contribution in [3.8, 4) is 11.5 Å². The summed E-state index contributed by atoms with van der Waals surface area (Å²) >= 11 is 6.28. The van der Waals surface area contributed by atoms with Crippen molar-refractivity contribution in [1.29, 1.82) is 0 Å². The predicted octanol–water partition coefficient (Wildman–Crippen LogP) is 5.32. The molecule has 0 heterocycles. The predicted molar refractivity (Wildman–Crippen MR) is 126 cm³/mol. The summed E-state index contributed by atoms with van der Waals surface area (Å²) in [6, 6.07) is 18.9. The quantitative estimate of drug-likeness (QED) is 0.430. The van der Waals surface area contributed by atoms with Crippen LogP contribution >= 0.6 is 11.6 Å². The molecule has 0 aliphatic carbocycles. The van der Waals surface area contributed by atoms with Gasteiger partial charge in [-0.15, -0.1) is 0 Å². The van der Waals surface area contributed by atoms with E-state index in [1.165, 1.54) is 7.11 Å². The molecule has 8 heteroatoms. The maximum absolute atomic E-state index is 12.5. The number of carbonyl (C=O) groups is 2. The van der Waals surface area contributed by atoms with Gasteiger partial charge < -0.3 is 25.4 Å². The third-order valence-electron chi connectivity index (χ3n) is 4.47. The van der Waals surface area contributed by atoms with Gasteiger partial charge in [0.15, 0.2) is 11.5 Å². The van der Waals surface area contributed by atoms with Crippen molar-refractivity contribution in [2.75, 3.05) is 24.4 Å². The molecule has 7 nitrogen and oxygen atoms in total. The fraction of sp³-hybridized carbons (Fsp3) is 0.167. The van der Waals surface area contributed by atoms with Crippen LogP contribution < -0.4 is 25.4 Å². The number of nitrogens with one attached hydrogen (secondary N) is 3. The van der Waals surface area contributed by atoms with Gasteiger partial charge in [-0.2, -0.15) is 0 Å². The monoisotopic (exact) mass is 453 g/mol. The molecule has 0 spiro atoms. The third-order valence-corrected chi connectivity index (χ3v) is 4.75. The van der Waals surface area contributed by atoms with Crippen molar-refractivity contribution >= 4 is 34.9 Å². The number of rotatable bonds is 8. The largest absolute Gasteiger partial charge is 0.493 e. The number of urea groups is 1. The lowest BCUT2D eigenvalue weighted by atomic mass is 10.1. The maximum atomic E-state index is 12.5. The average Bonchev–Trinajstić information content (AvgIpc) is 2.80. The molecule has 3 aromatic rings. The number of halogens is 1. The number of hydrogen-bond acceptors (Lipinski definition) is 4. The highest BCUT2D eigenvalue weighted by Gasteiger charge is 2.13. The fourth-order valence-electron chi connectivity index (χ4n) is 2.96. The van der Waals surface area contributed by atoms with Gasteiger partial charge in [0.1, 0.15) is 0 Å². The second-order valence-electron chi connectivity index (χ2n) is 6.75. The standard InChI is InChI=1S/C24H24ClN3O4/c1-3-32-22-20(25)13-16(14-21(22)31-2)15-26-23(29)17-9-11-19(12-10-17)28-24(30)27-18-7-5-4-6-8-18/h4-14H,3,15H2,1-2H3,(H,26,29)(H2,27,28,30). The molecule has 0 radical (unpaired) electrons. The van der Waals surface area contributed by atoms with Crippen LogP contribution in [0.1, 0.15) is 22.8 Å². The van der Waals surface area contributed by atoms with Gasteiger partial charge in [-0.1, -0.05) is 29.8 Å². The summed E-state index contributed by atoms with van der Waals surface area (Å²) in [5.74, 6) is 0.730. The van der Waals surface area contributed by atoms with Crippen LogP contribution in [0.3, 0.4) is 0 Å². The Morgan fingerprint density at radius 2 is 1.59 bits per heavy atom. The SMILES string of the molecule is CCOc1c(Cl)cc(CNC(=O)c2ccc(NC(=O)Nc3ccccc3)cc2)cc1OC. The van der Waals surface area contributed by atoms with Crippen LogP contribution in [0.5, 0.6) is 11.5 Å². The van der Waals surface area contributed by atoms with E-state index in [9.17, 15) is 9.59 Å². The maximum Gasteiger partial charge on any atom is 0.323 e. The van der Waals surface area contributed by atoms with Gasteiger partial charge in [0.2, 0.25) is 0 Å². The van der Waals surface area contributed by atoms with Gasteiger partial charge in [-0.05, 0) is 61.0 Å². The Morgan fingerprint density at radius 1 is 0.938 bits per heavy atom. The van der Waals surface area contributed by atoms with Crippen molar-refractivity contribution in [2.24, 2.45) is 0 Å². The zero-order valence-electron chi connectivity index (χ0n) is 17.8. The lowest BCUT2D eigenvalue weighted by Crippen LogP contribution is -2.23. The van der Waals surface area contributed by atoms with Gasteiger partial charge in [0.05, 0.1) is 18.7 Å². The van der Waals surface area contributed by atoms with Crippen LogP contribution in [0.15, 0.2) is 66.7 Å². The number of benzene rings is 3. The zero-order valence-corrected chi connectivity index (χ0v) is 18.5. The van der Waals surface area contributed by atoms with E-state index >= 15 is 0 Å². The van der Waals surface area contributed by atoms with Crippen molar-refractivity contribution < 1.29 is 19.1 Å². The first-order chi connectivity index (χ1) is 15.5. The molecular weight excluding hydrogens is 430 g/mol. The second-order valence-corrected chi connectivity index (χ2v) is 7.15. The molecule has 3 aromatic carbocycles. The van der Waals surface area contributed by atoms with Crippen molar-refractivity contribution in [3.63, 3.8) is 0 Å². The molecule has 0 saturated carbocycles. The number of amides is 3. The molecule has 0 aliphatic heterocycles. The third kappa shape index (κ3) is 6.15. The summed E-state index contributed by atoms with van der Waals surface area (Å²) in [6.45, 7) is 2.59. The molecule has 0 fully saturated rings. The van der Waals surface area contributed by atoms with Crippen LogP contribution in [0.25, 0.3) is 0 Å². The number of anilines is 2. The Kier molecular flexibility index (Phi) is 7.94. The Balaban J connectivity index is 1.57. The number of methoxy groups -OCH3 is 1. The molecule has 0 atom stereocenters. The zero-order chi connectivity index (χ0) is 22.9. The van der Waals surface area contributed by atoms with Gasteiger partial charge in [0.25, 0.3) is 5.91 Å². The van der Waals surface area contributed by atoms with Crippen LogP contribution in [-0.2, 0) is 6.54 Å². The highest BCUT2D eigenvalue weighted by molar-refractivity contribution is 6.32. The molecule has 3 N–H and O–H groups in total. The van der Waals surface area contributed by atoms with Crippen LogP contribution in [0.2, 0.25) is 5.02 Å². The highest BCUT2D eigenvalue weighted by atomic mass is 35.5. The molecule has 0 saturated heterocycles. The van der Waals surface area contributed by atoms with E-state index in [0.717, 1.165) is 5.56 Å². The highest BCUT2D eigenvalue weighted by Crippen LogP contribution is 2.36. The normalized spacial score (nSPS) is 10.2. The molecule has 0 aliphatic rings. The van der Waals surface area contributed by atoms with E-state index in [1.807, 2.05) is 25.1 Å². The van der Waals surface area contributed by atoms with E-state index in [2.05, 4.69) is 16.0 Å². The van der Waals surface area contributed by atoms with Gasteiger partial charge in [-0.25, -0.2) is 4.79 Å². The van der Waals surface area contributed by atoms with Crippen LogP contribution in [0, 0.1) is 0 Å². The van der Waals surface area contributed by atoms with Gasteiger partial charge >= 0.3 is 6.03 Å². The number of carbonyl (C=O) groups excluding carboxylic acids is 2. The van der Waals surface area contributed by atoms with E-state index in [1.54, 1.807) is 48.5 Å². The molecule has 32 heavy (non-hydrogen) atoms. The summed E-state index contributed by atoms with van der Waals surface area (Å²) in [7, 11) is 1.53. The Bertz CT molecular complexity index is 1070. The van der Waals surface area contributed by atoms with E-state index in [0.29, 0.717) is 40.1 Å². The summed E-state index contributed by atoms with van der Waals surface area (Å²) in [4.78, 5) is 24.6. The Morgan fingerprint density at radius 3 is 2.22 bits per heavy atom. The van der Waals surface area contributed by atoms with E-state index < -0.39 is 0 Å². The van der Waals surface area contributed by atoms with E-state index in [-0.39, 0.29) is 18.5 Å². The molecule has 0 unspecified atom stereocenters. The van der Waals surface area contributed by atoms with Crippen molar-refractivity contribution in [1.82, 2.24) is 5.32 Å². The van der Waals surface area contributed by atoms with Crippen LogP contribution in [-0.4, -0.2) is 25.7 Å². The number of hydrogen-bond donors (Lipinski definition) is 3. The van der Waals surface area contributed by atoms with Crippen molar-refractivity contribution in [2.45, 2.75) is 13.5 Å². The lowest BCUT2D eigenvalue weighted by molar-refractivity contribution is 0.0951. The summed E-state index contributed by atoms with van der Waals surface area (Å²) < 4.78 is 10.8. The summed E-state index contributed by atoms with van der Waals surface area (Å²) in [5.41, 5.74) is 2.49. The van der Waals surface area contributed by atoms with E-state index in [4.69, 9.17) is 21.1 Å². The van der Waals surface area contributed by atoms with Crippen LogP contribution in [0.4, 0.5) is 16.2 Å². The van der Waals surface area contributed by atoms with Crippen molar-refractivity contribution in [3.05, 3.63) is 82.9 Å². The first-order valence-corrected chi connectivity index (χ1v) is 10.4. The molecule has 0 aromatic heterocycles. The fourth-order valence-corrected chi connectivity index (χ4v) is 3.25. The molecule has 166 valence electrons. The van der Waals surface area contributed by atoms with Gasteiger partial charge in [-0.3, -0.25) is 4.79 Å². The smallest absolute Gasteiger partial charge is 0.323 e. The minimum Gasteiger partial charge on any atom is -0.493 e. The molecule has 0 bridgehead atoms. The molecule has 3 rings (SSSR count). The average molecular weight is 454 g/mol. The first kappa shape index (κ1) is 23.0. The second kappa shape index (κ2) is 11.1. The summed E-state index contributed by atoms with van der Waals surface area (Å²) in [5, 5.41) is 8.72. The number of para-hydroxylation sites is 1. The molecule has 3 amide bonds. The van der Waals surface area contributed by atoms with Gasteiger partial charge in [0, 0.05) is 23.5 Å².